The van der Waals surface area contributed by atoms with Crippen molar-refractivity contribution < 1.29 is 9.53 Å². The van der Waals surface area contributed by atoms with Crippen LogP contribution in [0.1, 0.15) is 17.5 Å². The van der Waals surface area contributed by atoms with Gasteiger partial charge in [0, 0.05) is 24.5 Å². The van der Waals surface area contributed by atoms with Crippen LogP contribution in [0, 0.1) is 0 Å². The maximum Gasteiger partial charge on any atom is 0.220 e. The molecule has 0 spiro atoms. The molecule has 0 aliphatic carbocycles. The lowest BCUT2D eigenvalue weighted by Crippen LogP contribution is -2.25. The molecule has 0 radical (unpaired) electrons. The standard InChI is InChI=1S/C19H23NO2S/c1-22-18-10-7-16(8-11-18)9-12-19(21)20-13-14-23-15-17-5-3-2-4-6-17/h2-8,10-11H,9,12-15H2,1H3,(H,20,21). The number of ether oxygens (including phenoxy) is 1. The summed E-state index contributed by atoms with van der Waals surface area (Å²) in [5.74, 6) is 2.88. The van der Waals surface area contributed by atoms with E-state index in [4.69, 9.17) is 4.74 Å². The molecule has 4 heteroatoms. The van der Waals surface area contributed by atoms with E-state index < -0.39 is 0 Å². The fraction of sp³-hybridized carbons (Fsp3) is 0.316. The molecule has 1 N–H and O–H groups in total. The number of nitrogens with one attached hydrogen (secondary N) is 1. The number of benzene rings is 2. The minimum atomic E-state index is 0.112. The van der Waals surface area contributed by atoms with Gasteiger partial charge in [-0.05, 0) is 29.7 Å². The van der Waals surface area contributed by atoms with Crippen LogP contribution in [0.2, 0.25) is 0 Å². The van der Waals surface area contributed by atoms with Crippen molar-refractivity contribution in [3.63, 3.8) is 0 Å². The summed E-state index contributed by atoms with van der Waals surface area (Å²) < 4.78 is 5.12. The first-order chi connectivity index (χ1) is 11.3. The molecule has 3 nitrogen and oxygen atoms in total. The average molecular weight is 329 g/mol. The topological polar surface area (TPSA) is 38.3 Å². The number of carbonyl (C=O) groups excluding carboxylic acids is 1. The van der Waals surface area contributed by atoms with E-state index in [2.05, 4.69) is 29.6 Å². The van der Waals surface area contributed by atoms with Crippen molar-refractivity contribution >= 4 is 17.7 Å². The maximum absolute atomic E-state index is 11.8. The predicted molar refractivity (Wildman–Crippen MR) is 96.9 cm³/mol. The Hall–Kier alpha value is -1.94. The van der Waals surface area contributed by atoms with Crippen molar-refractivity contribution in [2.75, 3.05) is 19.4 Å². The van der Waals surface area contributed by atoms with Crippen LogP contribution in [0.4, 0.5) is 0 Å². The lowest BCUT2D eigenvalue weighted by molar-refractivity contribution is -0.120. The van der Waals surface area contributed by atoms with Crippen molar-refractivity contribution in [3.05, 3.63) is 65.7 Å². The molecule has 0 heterocycles. The molecule has 2 rings (SSSR count). The van der Waals surface area contributed by atoms with Gasteiger partial charge in [0.15, 0.2) is 0 Å². The number of methoxy groups -OCH3 is 1. The lowest BCUT2D eigenvalue weighted by Gasteiger charge is -2.06. The van der Waals surface area contributed by atoms with Crippen molar-refractivity contribution in [2.45, 2.75) is 18.6 Å². The first kappa shape index (κ1) is 17.4. The van der Waals surface area contributed by atoms with Gasteiger partial charge in [-0.15, -0.1) is 0 Å². The van der Waals surface area contributed by atoms with Crippen LogP contribution < -0.4 is 10.1 Å². The summed E-state index contributed by atoms with van der Waals surface area (Å²) in [5, 5.41) is 2.98. The molecule has 23 heavy (non-hydrogen) atoms. The van der Waals surface area contributed by atoms with Crippen molar-refractivity contribution in [3.8, 4) is 5.75 Å². The summed E-state index contributed by atoms with van der Waals surface area (Å²) in [5.41, 5.74) is 2.47. The van der Waals surface area contributed by atoms with E-state index in [0.717, 1.165) is 35.8 Å². The molecule has 122 valence electrons. The number of rotatable bonds is 9. The highest BCUT2D eigenvalue weighted by Gasteiger charge is 2.02. The minimum absolute atomic E-state index is 0.112. The van der Waals surface area contributed by atoms with Gasteiger partial charge in [-0.2, -0.15) is 11.8 Å². The largest absolute Gasteiger partial charge is 0.497 e. The van der Waals surface area contributed by atoms with Gasteiger partial charge in [-0.1, -0.05) is 42.5 Å². The Morgan fingerprint density at radius 2 is 1.78 bits per heavy atom. The molecule has 2 aromatic rings. The van der Waals surface area contributed by atoms with Gasteiger partial charge < -0.3 is 10.1 Å². The summed E-state index contributed by atoms with van der Waals surface area (Å²) in [6, 6.07) is 18.2. The van der Waals surface area contributed by atoms with Gasteiger partial charge in [0.1, 0.15) is 5.75 Å². The molecular weight excluding hydrogens is 306 g/mol. The summed E-state index contributed by atoms with van der Waals surface area (Å²) in [7, 11) is 1.65. The molecule has 0 aromatic heterocycles. The highest BCUT2D eigenvalue weighted by molar-refractivity contribution is 7.98. The van der Waals surface area contributed by atoms with Gasteiger partial charge in [-0.3, -0.25) is 4.79 Å². The van der Waals surface area contributed by atoms with Crippen molar-refractivity contribution in [1.82, 2.24) is 5.32 Å². The molecule has 0 saturated carbocycles. The van der Waals surface area contributed by atoms with E-state index in [-0.39, 0.29) is 5.91 Å². The van der Waals surface area contributed by atoms with E-state index in [0.29, 0.717) is 6.42 Å². The Morgan fingerprint density at radius 1 is 1.04 bits per heavy atom. The lowest BCUT2D eigenvalue weighted by atomic mass is 10.1. The molecule has 0 bridgehead atoms. The average Bonchev–Trinajstić information content (AvgIpc) is 2.61. The second-order valence-corrected chi connectivity index (χ2v) is 6.34. The van der Waals surface area contributed by atoms with Gasteiger partial charge in [-0.25, -0.2) is 0 Å². The maximum atomic E-state index is 11.8. The van der Waals surface area contributed by atoms with Crippen LogP contribution in [0.15, 0.2) is 54.6 Å². The highest BCUT2D eigenvalue weighted by atomic mass is 32.2. The number of carbonyl (C=O) groups is 1. The van der Waals surface area contributed by atoms with Gasteiger partial charge in [0.25, 0.3) is 0 Å². The number of thioether (sulfide) groups is 1. The fourth-order valence-electron chi connectivity index (χ4n) is 2.17. The zero-order chi connectivity index (χ0) is 16.3. The van der Waals surface area contributed by atoms with E-state index in [1.165, 1.54) is 5.56 Å². The molecule has 0 aliphatic rings. The zero-order valence-electron chi connectivity index (χ0n) is 13.5. The Bertz CT molecular complexity index is 584. The van der Waals surface area contributed by atoms with Crippen LogP contribution in [-0.2, 0) is 17.0 Å². The SMILES string of the molecule is COc1ccc(CCC(=O)NCCSCc2ccccc2)cc1. The summed E-state index contributed by atoms with van der Waals surface area (Å²) in [4.78, 5) is 11.8. The van der Waals surface area contributed by atoms with Gasteiger partial charge >= 0.3 is 0 Å². The molecule has 0 unspecified atom stereocenters. The second-order valence-electron chi connectivity index (χ2n) is 5.24. The van der Waals surface area contributed by atoms with Crippen molar-refractivity contribution in [2.24, 2.45) is 0 Å². The molecule has 0 saturated heterocycles. The second kappa shape index (κ2) is 9.95. The molecule has 2 aromatic carbocycles. The van der Waals surface area contributed by atoms with E-state index in [1.807, 2.05) is 42.1 Å². The Morgan fingerprint density at radius 3 is 2.48 bits per heavy atom. The van der Waals surface area contributed by atoms with E-state index in [9.17, 15) is 4.79 Å². The van der Waals surface area contributed by atoms with E-state index >= 15 is 0 Å². The van der Waals surface area contributed by atoms with Crippen molar-refractivity contribution in [1.29, 1.82) is 0 Å². The van der Waals surface area contributed by atoms with Crippen LogP contribution in [0.3, 0.4) is 0 Å². The number of aryl methyl sites for hydroxylation is 1. The molecule has 0 atom stereocenters. The fourth-order valence-corrected chi connectivity index (χ4v) is 2.98. The molecule has 0 fully saturated rings. The Kier molecular flexibility index (Phi) is 7.54. The third kappa shape index (κ3) is 6.78. The highest BCUT2D eigenvalue weighted by Crippen LogP contribution is 2.13. The molecule has 0 aliphatic heterocycles. The number of hydrogen-bond donors (Lipinski definition) is 1. The summed E-state index contributed by atoms with van der Waals surface area (Å²) >= 11 is 1.84. The Labute approximate surface area is 142 Å². The number of hydrogen-bond acceptors (Lipinski definition) is 3. The Balaban J connectivity index is 1.56. The predicted octanol–water partition coefficient (Wildman–Crippen LogP) is 3.68. The van der Waals surface area contributed by atoms with Crippen LogP contribution in [0.5, 0.6) is 5.75 Å². The van der Waals surface area contributed by atoms with E-state index in [1.54, 1.807) is 7.11 Å². The molecule has 1 amide bonds. The van der Waals surface area contributed by atoms with Crippen LogP contribution in [0.25, 0.3) is 0 Å². The zero-order valence-corrected chi connectivity index (χ0v) is 14.3. The minimum Gasteiger partial charge on any atom is -0.497 e. The first-order valence-electron chi connectivity index (χ1n) is 7.79. The first-order valence-corrected chi connectivity index (χ1v) is 8.94. The van der Waals surface area contributed by atoms with Crippen LogP contribution in [-0.4, -0.2) is 25.3 Å². The summed E-state index contributed by atoms with van der Waals surface area (Å²) in [6.45, 7) is 0.721. The van der Waals surface area contributed by atoms with Gasteiger partial charge in [0.05, 0.1) is 7.11 Å². The quantitative estimate of drug-likeness (QED) is 0.713. The third-order valence-electron chi connectivity index (χ3n) is 3.48. The smallest absolute Gasteiger partial charge is 0.220 e. The summed E-state index contributed by atoms with van der Waals surface area (Å²) in [6.07, 6.45) is 1.28. The van der Waals surface area contributed by atoms with Crippen LogP contribution >= 0.6 is 11.8 Å². The normalized spacial score (nSPS) is 10.3. The monoisotopic (exact) mass is 329 g/mol. The molecular formula is C19H23NO2S. The van der Waals surface area contributed by atoms with Gasteiger partial charge in [0.2, 0.25) is 5.91 Å². The number of amides is 1. The third-order valence-corrected chi connectivity index (χ3v) is 4.51.